The molecule has 0 fully saturated rings. The van der Waals surface area contributed by atoms with E-state index in [9.17, 15) is 18.9 Å². The fourth-order valence-electron chi connectivity index (χ4n) is 1.58. The summed E-state index contributed by atoms with van der Waals surface area (Å²) < 4.78 is 28.1. The highest BCUT2D eigenvalue weighted by Crippen LogP contribution is 2.25. The fraction of sp³-hybridized carbons (Fsp3) is 0.0833. The number of anilines is 1. The highest BCUT2D eigenvalue weighted by molar-refractivity contribution is 5.53. The number of nitrogens with zero attached hydrogens (tertiary/aromatic N) is 3. The van der Waals surface area contributed by atoms with Crippen molar-refractivity contribution < 1.29 is 13.7 Å². The Kier molecular flexibility index (Phi) is 3.74. The van der Waals surface area contributed by atoms with Gasteiger partial charge in [-0.25, -0.2) is 9.07 Å². The van der Waals surface area contributed by atoms with Crippen LogP contribution >= 0.6 is 0 Å². The Balaban J connectivity index is 2.18. The van der Waals surface area contributed by atoms with Crippen molar-refractivity contribution >= 4 is 17.6 Å². The van der Waals surface area contributed by atoms with Crippen LogP contribution in [0.15, 0.2) is 31.1 Å². The SMILES string of the molecule is C=Cn1cc(CNc2cc([N+](=O)[O-])c(F)cc2F)cn1. The lowest BCUT2D eigenvalue weighted by atomic mass is 10.2. The molecule has 0 radical (unpaired) electrons. The minimum Gasteiger partial charge on any atom is -0.378 e. The van der Waals surface area contributed by atoms with Crippen molar-refractivity contribution in [3.05, 3.63) is 58.4 Å². The van der Waals surface area contributed by atoms with Crippen molar-refractivity contribution in [1.29, 1.82) is 0 Å². The van der Waals surface area contributed by atoms with Crippen LogP contribution in [0.5, 0.6) is 0 Å². The second kappa shape index (κ2) is 5.47. The van der Waals surface area contributed by atoms with Crippen molar-refractivity contribution in [2.75, 3.05) is 5.32 Å². The van der Waals surface area contributed by atoms with Gasteiger partial charge >= 0.3 is 5.69 Å². The molecule has 0 saturated heterocycles. The predicted octanol–water partition coefficient (Wildman–Crippen LogP) is 2.78. The fourth-order valence-corrected chi connectivity index (χ4v) is 1.58. The van der Waals surface area contributed by atoms with Gasteiger partial charge in [-0.1, -0.05) is 6.58 Å². The lowest BCUT2D eigenvalue weighted by molar-refractivity contribution is -0.387. The highest BCUT2D eigenvalue weighted by atomic mass is 19.1. The molecule has 6 nitrogen and oxygen atoms in total. The molecule has 20 heavy (non-hydrogen) atoms. The molecule has 1 heterocycles. The molecule has 1 aromatic heterocycles. The number of hydrogen-bond donors (Lipinski definition) is 1. The van der Waals surface area contributed by atoms with E-state index in [1.807, 2.05) is 0 Å². The van der Waals surface area contributed by atoms with E-state index in [4.69, 9.17) is 0 Å². The molecule has 0 atom stereocenters. The molecule has 0 unspecified atom stereocenters. The molecule has 104 valence electrons. The van der Waals surface area contributed by atoms with E-state index in [0.29, 0.717) is 6.07 Å². The van der Waals surface area contributed by atoms with Gasteiger partial charge in [-0.15, -0.1) is 0 Å². The maximum absolute atomic E-state index is 13.5. The molecule has 0 spiro atoms. The Morgan fingerprint density at radius 3 is 2.80 bits per heavy atom. The van der Waals surface area contributed by atoms with E-state index >= 15 is 0 Å². The van der Waals surface area contributed by atoms with E-state index < -0.39 is 22.2 Å². The third kappa shape index (κ3) is 2.79. The van der Waals surface area contributed by atoms with Crippen LogP contribution in [0.3, 0.4) is 0 Å². The van der Waals surface area contributed by atoms with E-state index in [-0.39, 0.29) is 12.2 Å². The number of nitro groups is 1. The Hall–Kier alpha value is -2.77. The predicted molar refractivity (Wildman–Crippen MR) is 69.0 cm³/mol. The van der Waals surface area contributed by atoms with Gasteiger partial charge in [-0.2, -0.15) is 9.49 Å². The van der Waals surface area contributed by atoms with Crippen LogP contribution in [0.1, 0.15) is 5.56 Å². The van der Waals surface area contributed by atoms with Gasteiger partial charge in [-0.05, 0) is 0 Å². The standard InChI is InChI=1S/C12H10F2N4O2/c1-2-17-7-8(6-16-17)5-15-11-4-12(18(19)20)10(14)3-9(11)13/h2-4,6-7,15H,1,5H2. The summed E-state index contributed by atoms with van der Waals surface area (Å²) in [6.07, 6.45) is 4.66. The molecular weight excluding hydrogens is 270 g/mol. The second-order valence-electron chi connectivity index (χ2n) is 3.91. The minimum atomic E-state index is -1.21. The molecule has 2 rings (SSSR count). The van der Waals surface area contributed by atoms with Crippen molar-refractivity contribution in [3.8, 4) is 0 Å². The van der Waals surface area contributed by atoms with Crippen LogP contribution in [-0.2, 0) is 6.54 Å². The molecule has 2 aromatic rings. The molecule has 0 amide bonds. The van der Waals surface area contributed by atoms with Crippen LogP contribution in [-0.4, -0.2) is 14.7 Å². The molecule has 0 aliphatic carbocycles. The molecule has 0 aliphatic heterocycles. The zero-order valence-corrected chi connectivity index (χ0v) is 10.2. The normalized spacial score (nSPS) is 10.3. The van der Waals surface area contributed by atoms with Crippen molar-refractivity contribution in [2.45, 2.75) is 6.54 Å². The molecule has 8 heteroatoms. The van der Waals surface area contributed by atoms with Gasteiger partial charge in [0.25, 0.3) is 0 Å². The summed E-state index contributed by atoms with van der Waals surface area (Å²) in [4.78, 5) is 9.69. The van der Waals surface area contributed by atoms with Crippen LogP contribution in [0.2, 0.25) is 0 Å². The summed E-state index contributed by atoms with van der Waals surface area (Å²) in [7, 11) is 0. The van der Waals surface area contributed by atoms with Gasteiger partial charge in [0.05, 0.1) is 16.8 Å². The first-order valence-electron chi connectivity index (χ1n) is 5.54. The molecule has 0 bridgehead atoms. The van der Waals surface area contributed by atoms with Crippen molar-refractivity contribution in [1.82, 2.24) is 9.78 Å². The Morgan fingerprint density at radius 1 is 1.45 bits per heavy atom. The van der Waals surface area contributed by atoms with E-state index in [1.54, 1.807) is 6.20 Å². The molecule has 1 N–H and O–H groups in total. The first kappa shape index (κ1) is 13.7. The average Bonchev–Trinajstić information content (AvgIpc) is 2.85. The average molecular weight is 280 g/mol. The molecule has 1 aromatic carbocycles. The van der Waals surface area contributed by atoms with Crippen LogP contribution in [0.25, 0.3) is 6.20 Å². The molecular formula is C12H10F2N4O2. The maximum atomic E-state index is 13.5. The number of halogens is 2. The summed E-state index contributed by atoms with van der Waals surface area (Å²) in [5.74, 6) is -2.11. The zero-order chi connectivity index (χ0) is 14.7. The van der Waals surface area contributed by atoms with Crippen LogP contribution in [0, 0.1) is 21.7 Å². The number of aromatic nitrogens is 2. The second-order valence-corrected chi connectivity index (χ2v) is 3.91. The quantitative estimate of drug-likeness (QED) is 0.675. The van der Waals surface area contributed by atoms with Gasteiger partial charge in [0.2, 0.25) is 5.82 Å². The van der Waals surface area contributed by atoms with Gasteiger partial charge < -0.3 is 5.32 Å². The maximum Gasteiger partial charge on any atom is 0.307 e. The summed E-state index contributed by atoms with van der Waals surface area (Å²) >= 11 is 0. The van der Waals surface area contributed by atoms with Crippen LogP contribution < -0.4 is 5.32 Å². The number of benzene rings is 1. The Labute approximate surface area is 112 Å². The molecule has 0 saturated carbocycles. The summed E-state index contributed by atoms with van der Waals surface area (Å²) in [6.45, 7) is 3.71. The zero-order valence-electron chi connectivity index (χ0n) is 10.2. The Morgan fingerprint density at radius 2 is 2.20 bits per heavy atom. The smallest absolute Gasteiger partial charge is 0.307 e. The van der Waals surface area contributed by atoms with E-state index in [1.165, 1.54) is 17.1 Å². The monoisotopic (exact) mass is 280 g/mol. The highest BCUT2D eigenvalue weighted by Gasteiger charge is 2.18. The molecule has 0 aliphatic rings. The van der Waals surface area contributed by atoms with Crippen molar-refractivity contribution in [2.24, 2.45) is 0 Å². The largest absolute Gasteiger partial charge is 0.378 e. The van der Waals surface area contributed by atoms with E-state index in [0.717, 1.165) is 11.6 Å². The first-order chi connectivity index (χ1) is 9.51. The summed E-state index contributed by atoms with van der Waals surface area (Å²) in [5.41, 5.74) is -0.212. The van der Waals surface area contributed by atoms with Gasteiger partial charge in [0.15, 0.2) is 0 Å². The lowest BCUT2D eigenvalue weighted by Crippen LogP contribution is -2.03. The number of hydrogen-bond acceptors (Lipinski definition) is 4. The topological polar surface area (TPSA) is 73.0 Å². The lowest BCUT2D eigenvalue weighted by Gasteiger charge is -2.06. The van der Waals surface area contributed by atoms with Gasteiger partial charge in [0, 0.05) is 36.6 Å². The summed E-state index contributed by atoms with van der Waals surface area (Å²) in [6, 6.07) is 1.30. The third-order valence-corrected chi connectivity index (χ3v) is 2.56. The summed E-state index contributed by atoms with van der Waals surface area (Å²) in [5, 5.41) is 17.2. The minimum absolute atomic E-state index is 0.149. The van der Waals surface area contributed by atoms with Crippen LogP contribution in [0.4, 0.5) is 20.2 Å². The number of nitro benzene ring substituents is 1. The van der Waals surface area contributed by atoms with Gasteiger partial charge in [0.1, 0.15) is 5.82 Å². The number of nitrogens with one attached hydrogen (secondary N) is 1. The number of rotatable bonds is 5. The van der Waals surface area contributed by atoms with Crippen molar-refractivity contribution in [3.63, 3.8) is 0 Å². The van der Waals surface area contributed by atoms with Gasteiger partial charge in [-0.3, -0.25) is 10.1 Å². The Bertz CT molecular complexity index is 669. The first-order valence-corrected chi connectivity index (χ1v) is 5.54. The third-order valence-electron chi connectivity index (χ3n) is 2.56. The van der Waals surface area contributed by atoms with E-state index in [2.05, 4.69) is 17.0 Å².